The van der Waals surface area contributed by atoms with E-state index in [4.69, 9.17) is 0 Å². The van der Waals surface area contributed by atoms with E-state index in [9.17, 15) is 13.2 Å². The molecular weight excluding hydrogens is 370 g/mol. The number of carbonyl (C=O) groups excluding carboxylic acids is 1. The summed E-state index contributed by atoms with van der Waals surface area (Å²) in [5.41, 5.74) is 1.54. The zero-order valence-electron chi connectivity index (χ0n) is 15.2. The van der Waals surface area contributed by atoms with Crippen LogP contribution in [0, 0.1) is 0 Å². The molecule has 0 aliphatic carbocycles. The summed E-state index contributed by atoms with van der Waals surface area (Å²) in [6.07, 6.45) is 3.10. The Balaban J connectivity index is 1.79. The minimum absolute atomic E-state index is 0.0147. The van der Waals surface area contributed by atoms with Crippen LogP contribution in [0.15, 0.2) is 102 Å². The van der Waals surface area contributed by atoms with Gasteiger partial charge in [-0.3, -0.25) is 4.79 Å². The van der Waals surface area contributed by atoms with E-state index in [2.05, 4.69) is 5.32 Å². The fourth-order valence-electron chi connectivity index (χ4n) is 2.84. The Morgan fingerprint density at radius 2 is 1.36 bits per heavy atom. The maximum absolute atomic E-state index is 13.2. The lowest BCUT2D eigenvalue weighted by atomic mass is 10.1. The summed E-state index contributed by atoms with van der Waals surface area (Å²) in [7, 11) is -3.66. The molecule has 3 aromatic carbocycles. The van der Waals surface area contributed by atoms with Crippen molar-refractivity contribution in [2.24, 2.45) is 0 Å². The van der Waals surface area contributed by atoms with Crippen molar-refractivity contribution in [1.82, 2.24) is 5.32 Å². The summed E-state index contributed by atoms with van der Waals surface area (Å²) < 4.78 is 26.3. The summed E-state index contributed by atoms with van der Waals surface area (Å²) in [6, 6.07) is 26.7. The fraction of sp³-hybridized carbons (Fsp3) is 0.0870. The third-order valence-electron chi connectivity index (χ3n) is 4.31. The standard InChI is InChI=1S/C23H21NO3S/c25-23(17-16-19-10-4-1-5-11-19)24-18-22(20-12-6-2-7-13-20)28(26,27)21-14-8-3-9-15-21/h1-17,22H,18H2,(H,24,25)/b17-16+/t22-/m1/s1. The van der Waals surface area contributed by atoms with E-state index < -0.39 is 15.1 Å². The summed E-state index contributed by atoms with van der Waals surface area (Å²) in [5.74, 6) is -0.340. The van der Waals surface area contributed by atoms with Crippen molar-refractivity contribution in [3.8, 4) is 0 Å². The molecule has 0 saturated carbocycles. The number of nitrogens with one attached hydrogen (secondary N) is 1. The molecule has 0 unspecified atom stereocenters. The number of benzene rings is 3. The van der Waals surface area contributed by atoms with E-state index in [0.29, 0.717) is 5.56 Å². The molecule has 1 atom stereocenters. The Morgan fingerprint density at radius 3 is 1.96 bits per heavy atom. The molecular formula is C23H21NO3S. The van der Waals surface area contributed by atoms with E-state index in [1.54, 1.807) is 60.7 Å². The summed E-state index contributed by atoms with van der Waals surface area (Å²) in [6.45, 7) is -0.0147. The minimum Gasteiger partial charge on any atom is -0.351 e. The van der Waals surface area contributed by atoms with Crippen molar-refractivity contribution in [3.63, 3.8) is 0 Å². The number of rotatable bonds is 7. The number of amides is 1. The van der Waals surface area contributed by atoms with E-state index in [1.807, 2.05) is 36.4 Å². The monoisotopic (exact) mass is 391 g/mol. The lowest BCUT2D eigenvalue weighted by molar-refractivity contribution is -0.116. The molecule has 28 heavy (non-hydrogen) atoms. The quantitative estimate of drug-likeness (QED) is 0.619. The third-order valence-corrected chi connectivity index (χ3v) is 6.42. The maximum atomic E-state index is 13.2. The molecule has 0 fully saturated rings. The molecule has 4 nitrogen and oxygen atoms in total. The van der Waals surface area contributed by atoms with Gasteiger partial charge in [-0.25, -0.2) is 8.42 Å². The Bertz CT molecular complexity index is 1030. The highest BCUT2D eigenvalue weighted by Gasteiger charge is 2.29. The predicted molar refractivity (Wildman–Crippen MR) is 111 cm³/mol. The van der Waals surface area contributed by atoms with Crippen LogP contribution in [0.2, 0.25) is 0 Å². The van der Waals surface area contributed by atoms with Crippen molar-refractivity contribution in [1.29, 1.82) is 0 Å². The Hall–Kier alpha value is -3.18. The number of carbonyl (C=O) groups is 1. The van der Waals surface area contributed by atoms with Crippen LogP contribution in [-0.4, -0.2) is 20.9 Å². The van der Waals surface area contributed by atoms with Crippen molar-refractivity contribution in [2.45, 2.75) is 10.1 Å². The van der Waals surface area contributed by atoms with E-state index in [-0.39, 0.29) is 17.3 Å². The summed E-state index contributed by atoms with van der Waals surface area (Å²) in [5, 5.41) is 1.85. The molecule has 5 heteroatoms. The molecule has 1 N–H and O–H groups in total. The fourth-order valence-corrected chi connectivity index (χ4v) is 4.52. The first-order valence-corrected chi connectivity index (χ1v) is 10.5. The van der Waals surface area contributed by atoms with Gasteiger partial charge in [0.2, 0.25) is 5.91 Å². The largest absolute Gasteiger partial charge is 0.351 e. The predicted octanol–water partition coefficient (Wildman–Crippen LogP) is 4.03. The Morgan fingerprint density at radius 1 is 0.821 bits per heavy atom. The lowest BCUT2D eigenvalue weighted by Crippen LogP contribution is -2.30. The van der Waals surface area contributed by atoms with Gasteiger partial charge in [-0.15, -0.1) is 0 Å². The van der Waals surface area contributed by atoms with Crippen molar-refractivity contribution in [3.05, 3.63) is 108 Å². The number of sulfone groups is 1. The smallest absolute Gasteiger partial charge is 0.244 e. The van der Waals surface area contributed by atoms with Crippen LogP contribution in [0.5, 0.6) is 0 Å². The van der Waals surface area contributed by atoms with Crippen molar-refractivity contribution >= 4 is 21.8 Å². The van der Waals surface area contributed by atoms with Gasteiger partial charge < -0.3 is 5.32 Å². The van der Waals surface area contributed by atoms with E-state index in [0.717, 1.165) is 5.56 Å². The maximum Gasteiger partial charge on any atom is 0.244 e. The van der Waals surface area contributed by atoms with Crippen molar-refractivity contribution < 1.29 is 13.2 Å². The first kappa shape index (κ1) is 19.6. The zero-order valence-corrected chi connectivity index (χ0v) is 16.0. The van der Waals surface area contributed by atoms with Gasteiger partial charge >= 0.3 is 0 Å². The summed E-state index contributed by atoms with van der Waals surface area (Å²) >= 11 is 0. The second-order valence-electron chi connectivity index (χ2n) is 6.25. The van der Waals surface area contributed by atoms with E-state index in [1.165, 1.54) is 6.08 Å². The number of hydrogen-bond donors (Lipinski definition) is 1. The SMILES string of the molecule is O=C(/C=C/c1ccccc1)NC[C@H](c1ccccc1)S(=O)(=O)c1ccccc1. The normalized spacial score (nSPS) is 12.6. The highest BCUT2D eigenvalue weighted by atomic mass is 32.2. The van der Waals surface area contributed by atoms with Crippen LogP contribution in [0.4, 0.5) is 0 Å². The molecule has 142 valence electrons. The van der Waals surface area contributed by atoms with Crippen LogP contribution in [0.25, 0.3) is 6.08 Å². The van der Waals surface area contributed by atoms with Gasteiger partial charge in [-0.05, 0) is 29.3 Å². The molecule has 0 heterocycles. The Labute approximate surface area is 165 Å². The topological polar surface area (TPSA) is 63.2 Å². The molecule has 0 aromatic heterocycles. The van der Waals surface area contributed by atoms with Gasteiger partial charge in [-0.1, -0.05) is 78.9 Å². The van der Waals surface area contributed by atoms with Crippen LogP contribution in [0.1, 0.15) is 16.4 Å². The molecule has 0 saturated heterocycles. The molecule has 0 spiro atoms. The van der Waals surface area contributed by atoms with Gasteiger partial charge in [0.15, 0.2) is 9.84 Å². The first-order valence-electron chi connectivity index (χ1n) is 8.92. The van der Waals surface area contributed by atoms with Crippen LogP contribution in [-0.2, 0) is 14.6 Å². The average molecular weight is 391 g/mol. The average Bonchev–Trinajstić information content (AvgIpc) is 2.74. The van der Waals surface area contributed by atoms with Gasteiger partial charge in [0.1, 0.15) is 5.25 Å². The van der Waals surface area contributed by atoms with Crippen molar-refractivity contribution in [2.75, 3.05) is 6.54 Å². The third kappa shape index (κ3) is 4.96. The van der Waals surface area contributed by atoms with Gasteiger partial charge in [0, 0.05) is 12.6 Å². The highest BCUT2D eigenvalue weighted by Crippen LogP contribution is 2.28. The molecule has 1 amide bonds. The zero-order chi connectivity index (χ0) is 19.8. The second-order valence-corrected chi connectivity index (χ2v) is 8.38. The van der Waals surface area contributed by atoms with Crippen LogP contribution >= 0.6 is 0 Å². The number of hydrogen-bond acceptors (Lipinski definition) is 3. The highest BCUT2D eigenvalue weighted by molar-refractivity contribution is 7.91. The molecule has 3 aromatic rings. The van der Waals surface area contributed by atoms with Gasteiger partial charge in [-0.2, -0.15) is 0 Å². The second kappa shape index (κ2) is 9.15. The molecule has 3 rings (SSSR count). The van der Waals surface area contributed by atoms with Crippen LogP contribution in [0.3, 0.4) is 0 Å². The molecule has 0 bridgehead atoms. The first-order chi connectivity index (χ1) is 13.6. The molecule has 0 aliphatic heterocycles. The Kier molecular flexibility index (Phi) is 6.40. The molecule has 0 aliphatic rings. The summed E-state index contributed by atoms with van der Waals surface area (Å²) in [4.78, 5) is 12.5. The molecule has 0 radical (unpaired) electrons. The van der Waals surface area contributed by atoms with Gasteiger partial charge in [0.25, 0.3) is 0 Å². The van der Waals surface area contributed by atoms with E-state index >= 15 is 0 Å². The minimum atomic E-state index is -3.66. The lowest BCUT2D eigenvalue weighted by Gasteiger charge is -2.18. The van der Waals surface area contributed by atoms with Gasteiger partial charge in [0.05, 0.1) is 4.90 Å². The van der Waals surface area contributed by atoms with Crippen LogP contribution < -0.4 is 5.32 Å².